The van der Waals surface area contributed by atoms with Crippen LogP contribution in [0.2, 0.25) is 5.02 Å². The number of hydrogen-bond donors (Lipinski definition) is 2. The highest BCUT2D eigenvalue weighted by Gasteiger charge is 2.28. The van der Waals surface area contributed by atoms with Crippen LogP contribution in [0.4, 0.5) is 17.1 Å². The lowest BCUT2D eigenvalue weighted by atomic mass is 9.99. The summed E-state index contributed by atoms with van der Waals surface area (Å²) in [6.45, 7) is 4.08. The zero-order valence-electron chi connectivity index (χ0n) is 31.3. The van der Waals surface area contributed by atoms with E-state index in [0.717, 1.165) is 34.2 Å². The van der Waals surface area contributed by atoms with Gasteiger partial charge in [0.2, 0.25) is 0 Å². The number of nitrogens with one attached hydrogen (secondary N) is 2. The van der Waals surface area contributed by atoms with Crippen LogP contribution in [-0.2, 0) is 16.6 Å². The van der Waals surface area contributed by atoms with E-state index in [1.165, 1.54) is 12.1 Å². The first-order valence-electron chi connectivity index (χ1n) is 18.3. The van der Waals surface area contributed by atoms with E-state index in [9.17, 15) is 23.3 Å². The monoisotopic (exact) mass is 812 g/mol. The molecule has 1 aliphatic heterocycles. The van der Waals surface area contributed by atoms with E-state index in [1.54, 1.807) is 30.0 Å². The number of rotatable bonds is 16. The maximum Gasteiger partial charge on any atom is 0.293 e. The summed E-state index contributed by atoms with van der Waals surface area (Å²) in [5, 5.41) is 16.2. The van der Waals surface area contributed by atoms with Crippen molar-refractivity contribution in [2.24, 2.45) is 0 Å². The minimum atomic E-state index is -4.48. The molecule has 1 atom stereocenters. The molecule has 0 aliphatic carbocycles. The van der Waals surface area contributed by atoms with E-state index >= 15 is 0 Å². The van der Waals surface area contributed by atoms with Crippen molar-refractivity contribution in [3.63, 3.8) is 0 Å². The molecule has 0 radical (unpaired) electrons. The Bertz CT molecular complexity index is 2240. The number of nitrogens with zero attached hydrogens (tertiary/aromatic N) is 4. The SMILES string of the molecule is CN(C)CC[C@H](CSc1ccccc1)Nc1ccc(S(=O)(=O)NC(=O)c2ccccc2N2CCN(Cc3cc(Cl)ccc3-c3ccccc3)CC2)cc1[N+](=O)[O-]. The Morgan fingerprint density at radius 1 is 0.893 bits per heavy atom. The maximum atomic E-state index is 13.7. The van der Waals surface area contributed by atoms with Crippen LogP contribution in [0.5, 0.6) is 0 Å². The van der Waals surface area contributed by atoms with E-state index in [0.29, 0.717) is 55.6 Å². The molecule has 5 aromatic rings. The van der Waals surface area contributed by atoms with Gasteiger partial charge in [0, 0.05) is 66.2 Å². The van der Waals surface area contributed by atoms with Crippen molar-refractivity contribution in [1.29, 1.82) is 0 Å². The fraction of sp³-hybridized carbons (Fsp3) is 0.262. The normalized spacial score (nSPS) is 14.0. The lowest BCUT2D eigenvalue weighted by Crippen LogP contribution is -2.46. The highest BCUT2D eigenvalue weighted by Crippen LogP contribution is 2.32. The first kappa shape index (κ1) is 40.7. The second-order valence-corrected chi connectivity index (χ2v) is 17.1. The number of anilines is 2. The van der Waals surface area contributed by atoms with Crippen molar-refractivity contribution < 1.29 is 18.1 Å². The quantitative estimate of drug-likeness (QED) is 0.0577. The molecule has 0 bridgehead atoms. The zero-order valence-corrected chi connectivity index (χ0v) is 33.7. The van der Waals surface area contributed by atoms with Crippen LogP contribution in [0.15, 0.2) is 131 Å². The first-order valence-corrected chi connectivity index (χ1v) is 21.2. The largest absolute Gasteiger partial charge is 0.376 e. The summed E-state index contributed by atoms with van der Waals surface area (Å²) in [7, 11) is -0.558. The van der Waals surface area contributed by atoms with Gasteiger partial charge in [0.25, 0.3) is 21.6 Å². The number of amides is 1. The number of nitro groups is 1. The predicted octanol–water partition coefficient (Wildman–Crippen LogP) is 7.88. The summed E-state index contributed by atoms with van der Waals surface area (Å²) in [5.74, 6) is -0.183. The number of piperazine rings is 1. The van der Waals surface area contributed by atoms with Gasteiger partial charge in [0.1, 0.15) is 5.69 Å². The third-order valence-corrected chi connectivity index (χ3v) is 12.3. The molecule has 0 unspecified atom stereocenters. The summed E-state index contributed by atoms with van der Waals surface area (Å²) >= 11 is 8.04. The molecule has 14 heteroatoms. The van der Waals surface area contributed by atoms with Gasteiger partial charge in [0.05, 0.1) is 15.4 Å². The summed E-state index contributed by atoms with van der Waals surface area (Å²) in [6.07, 6.45) is 0.700. The third kappa shape index (κ3) is 10.7. The van der Waals surface area contributed by atoms with Crippen molar-refractivity contribution in [2.45, 2.75) is 28.8 Å². The number of sulfonamides is 1. The van der Waals surface area contributed by atoms with Crippen molar-refractivity contribution in [2.75, 3.05) is 62.8 Å². The third-order valence-electron chi connectivity index (χ3n) is 9.59. The molecule has 0 aromatic heterocycles. The minimum Gasteiger partial charge on any atom is -0.376 e. The Morgan fingerprint density at radius 3 is 2.27 bits per heavy atom. The summed E-state index contributed by atoms with van der Waals surface area (Å²) in [4.78, 5) is 32.5. The molecule has 292 valence electrons. The van der Waals surface area contributed by atoms with Gasteiger partial charge in [-0.2, -0.15) is 0 Å². The Balaban J connectivity index is 1.13. The highest BCUT2D eigenvalue weighted by molar-refractivity contribution is 7.99. The summed E-state index contributed by atoms with van der Waals surface area (Å²) in [6, 6.07) is 36.4. The molecule has 2 N–H and O–H groups in total. The minimum absolute atomic E-state index is 0.148. The maximum absolute atomic E-state index is 13.7. The van der Waals surface area contributed by atoms with Crippen LogP contribution in [0, 0.1) is 10.1 Å². The van der Waals surface area contributed by atoms with Gasteiger partial charge >= 0.3 is 0 Å². The zero-order chi connectivity index (χ0) is 39.7. The number of hydrogen-bond acceptors (Lipinski definition) is 10. The van der Waals surface area contributed by atoms with Gasteiger partial charge in [-0.05, 0) is 92.3 Å². The Hall–Kier alpha value is -4.92. The average Bonchev–Trinajstić information content (AvgIpc) is 3.19. The van der Waals surface area contributed by atoms with Crippen molar-refractivity contribution >= 4 is 56.4 Å². The van der Waals surface area contributed by atoms with Crippen molar-refractivity contribution in [1.82, 2.24) is 14.5 Å². The van der Waals surface area contributed by atoms with E-state index in [4.69, 9.17) is 11.6 Å². The van der Waals surface area contributed by atoms with Crippen LogP contribution in [-0.4, -0.2) is 87.7 Å². The van der Waals surface area contributed by atoms with E-state index in [-0.39, 0.29) is 22.2 Å². The number of para-hydroxylation sites is 1. The number of nitro benzene ring substituents is 1. The molecular weight excluding hydrogens is 768 g/mol. The molecule has 1 aliphatic rings. The molecule has 11 nitrogen and oxygen atoms in total. The average molecular weight is 813 g/mol. The Kier molecular flexibility index (Phi) is 13.7. The number of halogens is 1. The lowest BCUT2D eigenvalue weighted by Gasteiger charge is -2.37. The second kappa shape index (κ2) is 18.8. The van der Waals surface area contributed by atoms with Gasteiger partial charge in [-0.25, -0.2) is 13.1 Å². The van der Waals surface area contributed by atoms with Crippen LogP contribution < -0.4 is 14.9 Å². The van der Waals surface area contributed by atoms with Crippen LogP contribution >= 0.6 is 23.4 Å². The Morgan fingerprint density at radius 2 is 1.57 bits per heavy atom. The number of benzene rings is 5. The topological polar surface area (TPSA) is 128 Å². The fourth-order valence-corrected chi connectivity index (χ4v) is 8.83. The molecule has 1 saturated heterocycles. The lowest BCUT2D eigenvalue weighted by molar-refractivity contribution is -0.384. The van der Waals surface area contributed by atoms with Gasteiger partial charge in [-0.3, -0.25) is 19.8 Å². The molecular formula is C42H45ClN6O5S2. The van der Waals surface area contributed by atoms with E-state index < -0.39 is 26.5 Å². The number of carbonyl (C=O) groups is 1. The van der Waals surface area contributed by atoms with Gasteiger partial charge in [-0.1, -0.05) is 78.3 Å². The molecule has 5 aromatic carbocycles. The van der Waals surface area contributed by atoms with Crippen LogP contribution in [0.1, 0.15) is 22.3 Å². The first-order chi connectivity index (χ1) is 27.0. The molecule has 0 saturated carbocycles. The smallest absolute Gasteiger partial charge is 0.293 e. The van der Waals surface area contributed by atoms with Crippen LogP contribution in [0.3, 0.4) is 0 Å². The van der Waals surface area contributed by atoms with E-state index in [1.807, 2.05) is 91.8 Å². The molecule has 1 fully saturated rings. The van der Waals surface area contributed by atoms with Gasteiger partial charge in [0.15, 0.2) is 0 Å². The standard InChI is InChI=1S/C42H45ClN6O5S2/c1-46(2)22-21-34(30-55-35-13-7-4-8-14-35)44-39-20-18-36(28-41(39)49(51)52)56(53,54)45-42(50)38-15-9-10-16-40(38)48-25-23-47(24-26-48)29-32-27-33(43)17-19-37(32)31-11-5-3-6-12-31/h3-20,27-28,34,44H,21-26,29-30H2,1-2H3,(H,45,50)/t34-/m1/s1. The molecule has 56 heavy (non-hydrogen) atoms. The summed E-state index contributed by atoms with van der Waals surface area (Å²) < 4.78 is 29.4. The van der Waals surface area contributed by atoms with E-state index in [2.05, 4.69) is 32.0 Å². The van der Waals surface area contributed by atoms with Crippen molar-refractivity contribution in [3.8, 4) is 11.1 Å². The van der Waals surface area contributed by atoms with Gasteiger partial charge in [-0.15, -0.1) is 11.8 Å². The second-order valence-electron chi connectivity index (χ2n) is 13.9. The number of thioether (sulfide) groups is 1. The molecule has 0 spiro atoms. The number of carbonyl (C=O) groups excluding carboxylic acids is 1. The Labute approximate surface area is 337 Å². The molecule has 6 rings (SSSR count). The van der Waals surface area contributed by atoms with Crippen molar-refractivity contribution in [3.05, 3.63) is 148 Å². The molecule has 1 heterocycles. The highest BCUT2D eigenvalue weighted by atomic mass is 35.5. The predicted molar refractivity (Wildman–Crippen MR) is 226 cm³/mol. The van der Waals surface area contributed by atoms with Gasteiger partial charge < -0.3 is 15.1 Å². The summed E-state index contributed by atoms with van der Waals surface area (Å²) in [5.41, 5.74) is 3.97. The molecule has 1 amide bonds. The van der Waals surface area contributed by atoms with Crippen LogP contribution in [0.25, 0.3) is 11.1 Å². The fourth-order valence-electron chi connectivity index (χ4n) is 6.65.